The van der Waals surface area contributed by atoms with Gasteiger partial charge in [-0.15, -0.1) is 0 Å². The SMILES string of the molecule is CCOC(=O)N1CCN(S(=O)(=O)c2cccc(Br)c2)CC1. The number of carbonyl (C=O) groups excluding carboxylic acids is 1. The van der Waals surface area contributed by atoms with Crippen molar-refractivity contribution in [3.8, 4) is 0 Å². The maximum Gasteiger partial charge on any atom is 0.409 e. The van der Waals surface area contributed by atoms with Crippen LogP contribution in [0.15, 0.2) is 33.6 Å². The van der Waals surface area contributed by atoms with Gasteiger partial charge in [0.1, 0.15) is 0 Å². The van der Waals surface area contributed by atoms with Crippen LogP contribution in [0.1, 0.15) is 6.92 Å². The van der Waals surface area contributed by atoms with Crippen molar-refractivity contribution in [2.75, 3.05) is 32.8 Å². The zero-order valence-electron chi connectivity index (χ0n) is 11.7. The third-order valence-corrected chi connectivity index (χ3v) is 5.59. The monoisotopic (exact) mass is 376 g/mol. The number of nitrogens with zero attached hydrogens (tertiary/aromatic N) is 2. The summed E-state index contributed by atoms with van der Waals surface area (Å²) in [6.45, 7) is 3.28. The zero-order valence-corrected chi connectivity index (χ0v) is 14.1. The molecule has 116 valence electrons. The summed E-state index contributed by atoms with van der Waals surface area (Å²) in [5, 5.41) is 0. The fraction of sp³-hybridized carbons (Fsp3) is 0.462. The molecule has 0 spiro atoms. The van der Waals surface area contributed by atoms with E-state index >= 15 is 0 Å². The summed E-state index contributed by atoms with van der Waals surface area (Å²) in [6, 6.07) is 6.61. The number of carbonyl (C=O) groups is 1. The second-order valence-electron chi connectivity index (χ2n) is 4.55. The number of benzene rings is 1. The van der Waals surface area contributed by atoms with E-state index in [-0.39, 0.29) is 18.0 Å². The number of halogens is 1. The Morgan fingerprint density at radius 2 is 1.95 bits per heavy atom. The highest BCUT2D eigenvalue weighted by Crippen LogP contribution is 2.21. The van der Waals surface area contributed by atoms with E-state index in [0.29, 0.717) is 24.2 Å². The molecule has 0 radical (unpaired) electrons. The standard InChI is InChI=1S/C13H17BrN2O4S/c1-2-20-13(17)15-6-8-16(9-7-15)21(18,19)12-5-3-4-11(14)10-12/h3-5,10H,2,6-9H2,1H3. The van der Waals surface area contributed by atoms with Crippen molar-refractivity contribution in [3.05, 3.63) is 28.7 Å². The number of hydrogen-bond acceptors (Lipinski definition) is 4. The minimum Gasteiger partial charge on any atom is -0.450 e. The van der Waals surface area contributed by atoms with Crippen LogP contribution in [0.2, 0.25) is 0 Å². The predicted octanol–water partition coefficient (Wildman–Crippen LogP) is 1.91. The number of ether oxygens (including phenoxy) is 1. The first-order valence-electron chi connectivity index (χ1n) is 6.62. The largest absolute Gasteiger partial charge is 0.450 e. The van der Waals surface area contributed by atoms with Crippen LogP contribution in [0.5, 0.6) is 0 Å². The Morgan fingerprint density at radius 1 is 1.29 bits per heavy atom. The molecule has 1 aliphatic heterocycles. The van der Waals surface area contributed by atoms with Crippen molar-refractivity contribution < 1.29 is 17.9 Å². The molecular weight excluding hydrogens is 360 g/mol. The minimum absolute atomic E-state index is 0.251. The van der Waals surface area contributed by atoms with Crippen LogP contribution < -0.4 is 0 Å². The molecule has 0 bridgehead atoms. The third kappa shape index (κ3) is 3.75. The maximum absolute atomic E-state index is 12.5. The van der Waals surface area contributed by atoms with Gasteiger partial charge in [0.05, 0.1) is 11.5 Å². The summed E-state index contributed by atoms with van der Waals surface area (Å²) in [4.78, 5) is 13.4. The van der Waals surface area contributed by atoms with Crippen molar-refractivity contribution in [1.82, 2.24) is 9.21 Å². The molecule has 1 heterocycles. The second kappa shape index (κ2) is 6.76. The number of amides is 1. The highest BCUT2D eigenvalue weighted by Gasteiger charge is 2.30. The first-order chi connectivity index (χ1) is 9.95. The number of sulfonamides is 1. The van der Waals surface area contributed by atoms with Gasteiger partial charge >= 0.3 is 6.09 Å². The summed E-state index contributed by atoms with van der Waals surface area (Å²) in [7, 11) is -3.52. The normalized spacial score (nSPS) is 16.8. The van der Waals surface area contributed by atoms with E-state index in [9.17, 15) is 13.2 Å². The molecule has 1 aromatic carbocycles. The smallest absolute Gasteiger partial charge is 0.409 e. The van der Waals surface area contributed by atoms with Crippen molar-refractivity contribution >= 4 is 32.0 Å². The molecule has 0 N–H and O–H groups in total. The Hall–Kier alpha value is -1.12. The molecule has 1 aromatic rings. The van der Waals surface area contributed by atoms with E-state index in [1.165, 1.54) is 9.21 Å². The van der Waals surface area contributed by atoms with E-state index < -0.39 is 16.1 Å². The summed E-state index contributed by atoms with van der Waals surface area (Å²) in [5.74, 6) is 0. The zero-order chi connectivity index (χ0) is 15.5. The van der Waals surface area contributed by atoms with Crippen LogP contribution in [-0.2, 0) is 14.8 Å². The topological polar surface area (TPSA) is 66.9 Å². The lowest BCUT2D eigenvalue weighted by Gasteiger charge is -2.33. The molecule has 0 atom stereocenters. The van der Waals surface area contributed by atoms with Gasteiger partial charge in [-0.3, -0.25) is 0 Å². The van der Waals surface area contributed by atoms with Gasteiger partial charge < -0.3 is 9.64 Å². The molecule has 0 aliphatic carbocycles. The summed E-state index contributed by atoms with van der Waals surface area (Å²) < 4.78 is 32.0. The van der Waals surface area contributed by atoms with Gasteiger partial charge in [0.25, 0.3) is 0 Å². The fourth-order valence-corrected chi connectivity index (χ4v) is 4.12. The molecule has 0 aromatic heterocycles. The molecule has 1 fully saturated rings. The quantitative estimate of drug-likeness (QED) is 0.807. The average Bonchev–Trinajstić information content (AvgIpc) is 2.47. The van der Waals surface area contributed by atoms with Gasteiger partial charge in [0.15, 0.2) is 0 Å². The summed E-state index contributed by atoms with van der Waals surface area (Å²) in [5.41, 5.74) is 0. The molecular formula is C13H17BrN2O4S. The Balaban J connectivity index is 2.06. The molecule has 1 saturated heterocycles. The lowest BCUT2D eigenvalue weighted by atomic mass is 10.4. The lowest BCUT2D eigenvalue weighted by Crippen LogP contribution is -2.50. The van der Waals surface area contributed by atoms with Crippen molar-refractivity contribution in [1.29, 1.82) is 0 Å². The third-order valence-electron chi connectivity index (χ3n) is 3.20. The van der Waals surface area contributed by atoms with E-state index in [2.05, 4.69) is 15.9 Å². The molecule has 0 saturated carbocycles. The second-order valence-corrected chi connectivity index (χ2v) is 7.40. The minimum atomic E-state index is -3.52. The molecule has 8 heteroatoms. The number of piperazine rings is 1. The van der Waals surface area contributed by atoms with Crippen LogP contribution >= 0.6 is 15.9 Å². The van der Waals surface area contributed by atoms with Gasteiger partial charge in [-0.05, 0) is 25.1 Å². The highest BCUT2D eigenvalue weighted by atomic mass is 79.9. The van der Waals surface area contributed by atoms with E-state index in [1.807, 2.05) is 0 Å². The fourth-order valence-electron chi connectivity index (χ4n) is 2.10. The predicted molar refractivity (Wildman–Crippen MR) is 81.5 cm³/mol. The van der Waals surface area contributed by atoms with Crippen LogP contribution in [-0.4, -0.2) is 56.5 Å². The van der Waals surface area contributed by atoms with Crippen molar-refractivity contribution in [2.24, 2.45) is 0 Å². The van der Waals surface area contributed by atoms with Gasteiger partial charge in [0.2, 0.25) is 10.0 Å². The highest BCUT2D eigenvalue weighted by molar-refractivity contribution is 9.10. The van der Waals surface area contributed by atoms with Gasteiger partial charge in [-0.25, -0.2) is 13.2 Å². The Labute approximate surface area is 132 Å². The molecule has 1 aliphatic rings. The molecule has 0 unspecified atom stereocenters. The van der Waals surface area contributed by atoms with Crippen LogP contribution in [0.25, 0.3) is 0 Å². The first-order valence-corrected chi connectivity index (χ1v) is 8.86. The molecule has 21 heavy (non-hydrogen) atoms. The first kappa shape index (κ1) is 16.3. The number of rotatable bonds is 3. The Bertz CT molecular complexity index is 612. The Morgan fingerprint density at radius 3 is 2.52 bits per heavy atom. The van der Waals surface area contributed by atoms with Gasteiger partial charge in [0, 0.05) is 30.7 Å². The summed E-state index contributed by atoms with van der Waals surface area (Å²) >= 11 is 3.27. The van der Waals surface area contributed by atoms with Crippen LogP contribution in [0.4, 0.5) is 4.79 Å². The Kier molecular flexibility index (Phi) is 5.23. The van der Waals surface area contributed by atoms with E-state index in [0.717, 1.165) is 0 Å². The van der Waals surface area contributed by atoms with Crippen LogP contribution in [0, 0.1) is 0 Å². The van der Waals surface area contributed by atoms with Crippen molar-refractivity contribution in [3.63, 3.8) is 0 Å². The number of hydrogen-bond donors (Lipinski definition) is 0. The molecule has 6 nitrogen and oxygen atoms in total. The maximum atomic E-state index is 12.5. The van der Waals surface area contributed by atoms with E-state index in [4.69, 9.17) is 4.74 Å². The molecule has 1 amide bonds. The summed E-state index contributed by atoms with van der Waals surface area (Å²) in [6.07, 6.45) is -0.392. The van der Waals surface area contributed by atoms with E-state index in [1.54, 1.807) is 31.2 Å². The molecule has 2 rings (SSSR count). The van der Waals surface area contributed by atoms with Crippen LogP contribution in [0.3, 0.4) is 0 Å². The van der Waals surface area contributed by atoms with Gasteiger partial charge in [-0.1, -0.05) is 22.0 Å². The average molecular weight is 377 g/mol. The lowest BCUT2D eigenvalue weighted by molar-refractivity contribution is 0.0934. The van der Waals surface area contributed by atoms with Gasteiger partial charge in [-0.2, -0.15) is 4.31 Å². The van der Waals surface area contributed by atoms with Crippen molar-refractivity contribution in [2.45, 2.75) is 11.8 Å².